The monoisotopic (exact) mass is 338 g/mol. The Morgan fingerprint density at radius 2 is 2.24 bits per heavy atom. The highest BCUT2D eigenvalue weighted by Gasteiger charge is 2.46. The molecule has 1 aliphatic heterocycles. The third-order valence-corrected chi connectivity index (χ3v) is 4.35. The van der Waals surface area contributed by atoms with E-state index in [-0.39, 0.29) is 5.91 Å². The fourth-order valence-electron chi connectivity index (χ4n) is 2.76. The summed E-state index contributed by atoms with van der Waals surface area (Å²) in [7, 11) is 1.55. The van der Waals surface area contributed by atoms with Crippen molar-refractivity contribution < 1.29 is 9.53 Å². The van der Waals surface area contributed by atoms with Crippen molar-refractivity contribution in [2.75, 3.05) is 23.9 Å². The molecule has 1 aliphatic rings. The number of amides is 1. The average Bonchev–Trinajstić information content (AvgIpc) is 2.99. The fraction of sp³-hybridized carbons (Fsp3) is 0.353. The van der Waals surface area contributed by atoms with Gasteiger partial charge in [-0.05, 0) is 25.0 Å². The summed E-state index contributed by atoms with van der Waals surface area (Å²) >= 11 is 0. The first kappa shape index (κ1) is 16.6. The number of methoxy groups -OCH3 is 1. The number of carbonyl (C=O) groups excluding carboxylic acids is 1. The van der Waals surface area contributed by atoms with Crippen molar-refractivity contribution in [1.29, 1.82) is 5.26 Å². The third kappa shape index (κ3) is 3.08. The third-order valence-electron chi connectivity index (χ3n) is 4.35. The van der Waals surface area contributed by atoms with Gasteiger partial charge in [0, 0.05) is 18.8 Å². The first-order valence-corrected chi connectivity index (χ1v) is 7.95. The lowest BCUT2D eigenvalue weighted by Gasteiger charge is -2.19. The van der Waals surface area contributed by atoms with Crippen LogP contribution in [-0.4, -0.2) is 34.5 Å². The summed E-state index contributed by atoms with van der Waals surface area (Å²) in [5.41, 5.74) is -0.246. The van der Waals surface area contributed by atoms with Crippen LogP contribution in [0.25, 0.3) is 0 Å². The van der Waals surface area contributed by atoms with Gasteiger partial charge in [0.05, 0.1) is 25.1 Å². The van der Waals surface area contributed by atoms with E-state index in [1.807, 2.05) is 6.92 Å². The number of hydrogen-bond donors (Lipinski definition) is 1. The lowest BCUT2D eigenvalue weighted by Crippen LogP contribution is -2.33. The van der Waals surface area contributed by atoms with E-state index in [9.17, 15) is 10.1 Å². The van der Waals surface area contributed by atoms with Crippen LogP contribution in [0, 0.1) is 16.7 Å². The van der Waals surface area contributed by atoms with Gasteiger partial charge in [-0.25, -0.2) is 9.97 Å². The second kappa shape index (κ2) is 6.73. The number of nitriles is 1. The average molecular weight is 338 g/mol. The molecule has 0 aromatic carbocycles. The molecule has 3 rings (SSSR count). The van der Waals surface area contributed by atoms with Crippen LogP contribution in [0.4, 0.5) is 17.5 Å². The van der Waals surface area contributed by atoms with E-state index in [1.54, 1.807) is 42.6 Å². The van der Waals surface area contributed by atoms with Crippen LogP contribution >= 0.6 is 0 Å². The van der Waals surface area contributed by atoms with Crippen LogP contribution in [0.15, 0.2) is 30.6 Å². The molecule has 1 fully saturated rings. The highest BCUT2D eigenvalue weighted by Crippen LogP contribution is 2.36. The van der Waals surface area contributed by atoms with E-state index >= 15 is 0 Å². The van der Waals surface area contributed by atoms with Crippen LogP contribution in [-0.2, 0) is 4.79 Å². The molecule has 0 radical (unpaired) electrons. The van der Waals surface area contributed by atoms with Crippen molar-refractivity contribution in [2.45, 2.75) is 19.8 Å². The predicted molar refractivity (Wildman–Crippen MR) is 91.4 cm³/mol. The van der Waals surface area contributed by atoms with E-state index in [0.29, 0.717) is 42.7 Å². The number of ether oxygens (including phenoxy) is 1. The Kier molecular flexibility index (Phi) is 4.48. The molecule has 128 valence electrons. The molecule has 0 aliphatic carbocycles. The van der Waals surface area contributed by atoms with E-state index < -0.39 is 5.41 Å². The number of nitrogens with zero attached hydrogens (tertiary/aromatic N) is 5. The van der Waals surface area contributed by atoms with Crippen molar-refractivity contribution in [3.8, 4) is 11.9 Å². The topological polar surface area (TPSA) is 104 Å². The number of pyridine rings is 1. The molecule has 0 spiro atoms. The molecule has 0 bridgehead atoms. The molecule has 1 atom stereocenters. The number of aromatic nitrogens is 3. The van der Waals surface area contributed by atoms with Crippen molar-refractivity contribution in [3.63, 3.8) is 0 Å². The van der Waals surface area contributed by atoms with E-state index in [1.165, 1.54) is 0 Å². The highest BCUT2D eigenvalue weighted by atomic mass is 16.5. The minimum atomic E-state index is -0.946. The molecule has 0 saturated carbocycles. The second-order valence-electron chi connectivity index (χ2n) is 5.71. The Balaban J connectivity index is 1.80. The van der Waals surface area contributed by atoms with Gasteiger partial charge in [-0.1, -0.05) is 6.92 Å². The van der Waals surface area contributed by atoms with Crippen molar-refractivity contribution >= 4 is 23.4 Å². The van der Waals surface area contributed by atoms with Gasteiger partial charge >= 0.3 is 0 Å². The van der Waals surface area contributed by atoms with Crippen LogP contribution in [0.3, 0.4) is 0 Å². The van der Waals surface area contributed by atoms with E-state index in [0.717, 1.165) is 0 Å². The van der Waals surface area contributed by atoms with Crippen LogP contribution in [0.5, 0.6) is 5.88 Å². The van der Waals surface area contributed by atoms with Crippen LogP contribution < -0.4 is 15.0 Å². The van der Waals surface area contributed by atoms with Gasteiger partial charge in [0.25, 0.3) is 0 Å². The zero-order valence-electron chi connectivity index (χ0n) is 14.1. The summed E-state index contributed by atoms with van der Waals surface area (Å²) in [6, 6.07) is 7.35. The number of rotatable bonds is 5. The Bertz CT molecular complexity index is 817. The molecule has 1 N–H and O–H groups in total. The first-order valence-electron chi connectivity index (χ1n) is 7.95. The van der Waals surface area contributed by atoms with Crippen molar-refractivity contribution in [3.05, 3.63) is 30.6 Å². The number of nitrogens with one attached hydrogen (secondary N) is 1. The van der Waals surface area contributed by atoms with Gasteiger partial charge in [0.2, 0.25) is 17.7 Å². The Morgan fingerprint density at radius 1 is 1.40 bits per heavy atom. The summed E-state index contributed by atoms with van der Waals surface area (Å²) in [6.07, 6.45) is 4.18. The van der Waals surface area contributed by atoms with Gasteiger partial charge in [0.15, 0.2) is 0 Å². The minimum Gasteiger partial charge on any atom is -0.481 e. The van der Waals surface area contributed by atoms with Crippen molar-refractivity contribution in [2.24, 2.45) is 5.41 Å². The zero-order valence-corrected chi connectivity index (χ0v) is 14.1. The molecule has 1 saturated heterocycles. The summed E-state index contributed by atoms with van der Waals surface area (Å²) < 4.78 is 5.02. The van der Waals surface area contributed by atoms with Gasteiger partial charge in [-0.3, -0.25) is 9.69 Å². The Morgan fingerprint density at radius 3 is 2.84 bits per heavy atom. The molecule has 8 nitrogen and oxygen atoms in total. The molecule has 3 heterocycles. The SMILES string of the molecule is CCC1(C#N)CCN(c2ccnc(Nc3ccc(OC)nc3)n2)C1=O. The smallest absolute Gasteiger partial charge is 0.248 e. The molecule has 25 heavy (non-hydrogen) atoms. The van der Waals surface area contributed by atoms with E-state index in [2.05, 4.69) is 26.3 Å². The quantitative estimate of drug-likeness (QED) is 0.891. The van der Waals surface area contributed by atoms with Gasteiger partial charge in [0.1, 0.15) is 11.2 Å². The van der Waals surface area contributed by atoms with E-state index in [4.69, 9.17) is 4.74 Å². The molecular formula is C17H18N6O2. The summed E-state index contributed by atoms with van der Waals surface area (Å²) in [5, 5.41) is 12.4. The molecule has 2 aromatic rings. The molecule has 1 amide bonds. The largest absolute Gasteiger partial charge is 0.481 e. The maximum Gasteiger partial charge on any atom is 0.248 e. The minimum absolute atomic E-state index is 0.201. The highest BCUT2D eigenvalue weighted by molar-refractivity contribution is 6.01. The van der Waals surface area contributed by atoms with Gasteiger partial charge in [-0.15, -0.1) is 0 Å². The fourth-order valence-corrected chi connectivity index (χ4v) is 2.76. The van der Waals surface area contributed by atoms with Crippen LogP contribution in [0.2, 0.25) is 0 Å². The Labute approximate surface area is 145 Å². The normalized spacial score (nSPS) is 19.6. The second-order valence-corrected chi connectivity index (χ2v) is 5.71. The maximum atomic E-state index is 12.6. The van der Waals surface area contributed by atoms with Gasteiger partial charge in [-0.2, -0.15) is 10.2 Å². The molecule has 8 heteroatoms. The molecule has 1 unspecified atom stereocenters. The van der Waals surface area contributed by atoms with Crippen molar-refractivity contribution in [1.82, 2.24) is 15.0 Å². The zero-order chi connectivity index (χ0) is 17.9. The number of hydrogen-bond acceptors (Lipinski definition) is 7. The Hall–Kier alpha value is -3.21. The maximum absolute atomic E-state index is 12.6. The standard InChI is InChI=1S/C17H18N6O2/c1-3-17(11-18)7-9-23(15(17)24)13-6-8-19-16(22-13)21-12-4-5-14(25-2)20-10-12/h4-6,8,10H,3,7,9H2,1-2H3,(H,19,21,22). The molecular weight excluding hydrogens is 320 g/mol. The summed E-state index contributed by atoms with van der Waals surface area (Å²) in [5.74, 6) is 1.14. The van der Waals surface area contributed by atoms with Gasteiger partial charge < -0.3 is 10.1 Å². The summed E-state index contributed by atoms with van der Waals surface area (Å²) in [4.78, 5) is 26.8. The molecule has 2 aromatic heterocycles. The summed E-state index contributed by atoms with van der Waals surface area (Å²) in [6.45, 7) is 2.33. The predicted octanol–water partition coefficient (Wildman–Crippen LogP) is 2.28. The van der Waals surface area contributed by atoms with Crippen LogP contribution in [0.1, 0.15) is 19.8 Å². The lowest BCUT2D eigenvalue weighted by atomic mass is 9.85. The number of carbonyl (C=O) groups is 1. The number of anilines is 3. The first-order chi connectivity index (χ1) is 12.1. The lowest BCUT2D eigenvalue weighted by molar-refractivity contribution is -0.123.